The van der Waals surface area contributed by atoms with E-state index in [9.17, 15) is 9.59 Å². The van der Waals surface area contributed by atoms with E-state index in [0.717, 1.165) is 5.69 Å². The predicted molar refractivity (Wildman–Crippen MR) is 96.0 cm³/mol. The van der Waals surface area contributed by atoms with Crippen LogP contribution in [0, 0.1) is 0 Å². The van der Waals surface area contributed by atoms with E-state index in [2.05, 4.69) is 15.6 Å². The lowest BCUT2D eigenvalue weighted by Gasteiger charge is -2.14. The fourth-order valence-electron chi connectivity index (χ4n) is 2.80. The number of ether oxygens (including phenoxy) is 2. The van der Waals surface area contributed by atoms with Crippen molar-refractivity contribution >= 4 is 34.3 Å². The summed E-state index contributed by atoms with van der Waals surface area (Å²) in [6, 6.07) is 1.94. The molecule has 8 nitrogen and oxygen atoms in total. The Bertz CT molecular complexity index is 785. The third kappa shape index (κ3) is 3.90. The Balaban J connectivity index is 2.62. The van der Waals surface area contributed by atoms with Crippen LogP contribution < -0.4 is 10.6 Å². The molecule has 8 heteroatoms. The van der Waals surface area contributed by atoms with Gasteiger partial charge in [-0.25, -0.2) is 9.78 Å². The number of pyridine rings is 1. The quantitative estimate of drug-likeness (QED) is 0.745. The number of amides is 1. The number of carbonyl (C=O) groups excluding carboxylic acids is 2. The van der Waals surface area contributed by atoms with Crippen LogP contribution in [0.25, 0.3) is 11.0 Å². The average molecular weight is 348 g/mol. The molecule has 1 unspecified atom stereocenters. The van der Waals surface area contributed by atoms with E-state index in [-0.39, 0.29) is 17.6 Å². The van der Waals surface area contributed by atoms with Gasteiger partial charge < -0.3 is 24.7 Å². The molecule has 0 fully saturated rings. The lowest BCUT2D eigenvalue weighted by Crippen LogP contribution is -2.20. The molecule has 2 rings (SSSR count). The molecule has 0 radical (unpaired) electrons. The molecule has 1 atom stereocenters. The zero-order chi connectivity index (χ0) is 18.6. The molecule has 0 spiro atoms. The number of nitrogens with one attached hydrogen (secondary N) is 2. The van der Waals surface area contributed by atoms with Gasteiger partial charge in [0.25, 0.3) is 0 Å². The maximum absolute atomic E-state index is 12.3. The van der Waals surface area contributed by atoms with Crippen LogP contribution in [-0.2, 0) is 20.8 Å². The first kappa shape index (κ1) is 18.7. The molecule has 2 N–H and O–H groups in total. The minimum atomic E-state index is -0.522. The fourth-order valence-corrected chi connectivity index (χ4v) is 2.80. The minimum Gasteiger partial charge on any atom is -0.464 e. The molecule has 0 aliphatic carbocycles. The van der Waals surface area contributed by atoms with Gasteiger partial charge >= 0.3 is 5.97 Å². The summed E-state index contributed by atoms with van der Waals surface area (Å²) in [6.45, 7) is 6.34. The molecule has 25 heavy (non-hydrogen) atoms. The van der Waals surface area contributed by atoms with Gasteiger partial charge in [-0.05, 0) is 19.9 Å². The second-order valence-corrected chi connectivity index (χ2v) is 5.74. The number of aromatic nitrogens is 2. The summed E-state index contributed by atoms with van der Waals surface area (Å²) < 4.78 is 11.7. The Kier molecular flexibility index (Phi) is 5.97. The van der Waals surface area contributed by atoms with Crippen molar-refractivity contribution in [1.29, 1.82) is 0 Å². The van der Waals surface area contributed by atoms with E-state index in [1.165, 1.54) is 14.0 Å². The van der Waals surface area contributed by atoms with Crippen molar-refractivity contribution in [2.24, 2.45) is 0 Å². The highest BCUT2D eigenvalue weighted by Gasteiger charge is 2.24. The van der Waals surface area contributed by atoms with Crippen LogP contribution in [-0.4, -0.2) is 48.3 Å². The number of nitrogens with zero attached hydrogens (tertiary/aromatic N) is 2. The fraction of sp³-hybridized carbons (Fsp3) is 0.471. The number of carbonyl (C=O) groups is 2. The van der Waals surface area contributed by atoms with Crippen molar-refractivity contribution in [2.75, 3.05) is 31.5 Å². The zero-order valence-electron chi connectivity index (χ0n) is 15.2. The molecule has 136 valence electrons. The van der Waals surface area contributed by atoms with Crippen LogP contribution >= 0.6 is 0 Å². The Labute approximate surface area is 146 Å². The van der Waals surface area contributed by atoms with E-state index in [1.54, 1.807) is 17.9 Å². The standard InChI is InChI=1S/C17H24N4O4/c1-6-21-15(17(23)25-5)14(20-11(3)22)13-7-12(8-18-16(13)21)19-10(2)9-24-4/h7-8,10,19H,6,9H2,1-5H3,(H,20,22). The number of hydrogen-bond donors (Lipinski definition) is 2. The maximum Gasteiger partial charge on any atom is 0.356 e. The van der Waals surface area contributed by atoms with Crippen molar-refractivity contribution < 1.29 is 19.1 Å². The molecule has 1 amide bonds. The van der Waals surface area contributed by atoms with Crippen LogP contribution in [0.3, 0.4) is 0 Å². The molecule has 2 aromatic rings. The van der Waals surface area contributed by atoms with Gasteiger partial charge in [0, 0.05) is 32.0 Å². The highest BCUT2D eigenvalue weighted by Crippen LogP contribution is 2.32. The Hall–Kier alpha value is -2.61. The first-order chi connectivity index (χ1) is 11.9. The van der Waals surface area contributed by atoms with Gasteiger partial charge in [0.15, 0.2) is 5.69 Å². The van der Waals surface area contributed by atoms with Gasteiger partial charge in [-0.15, -0.1) is 0 Å². The number of esters is 1. The van der Waals surface area contributed by atoms with Crippen molar-refractivity contribution in [1.82, 2.24) is 9.55 Å². The molecule has 0 saturated heterocycles. The summed E-state index contributed by atoms with van der Waals surface area (Å²) in [5, 5.41) is 6.69. The van der Waals surface area contributed by atoms with Crippen LogP contribution in [0.15, 0.2) is 12.3 Å². The number of hydrogen-bond acceptors (Lipinski definition) is 6. The molecule has 2 aromatic heterocycles. The predicted octanol–water partition coefficient (Wildman–Crippen LogP) is 2.25. The first-order valence-electron chi connectivity index (χ1n) is 8.06. The smallest absolute Gasteiger partial charge is 0.356 e. The zero-order valence-corrected chi connectivity index (χ0v) is 15.2. The van der Waals surface area contributed by atoms with E-state index >= 15 is 0 Å². The third-order valence-corrected chi connectivity index (χ3v) is 3.72. The summed E-state index contributed by atoms with van der Waals surface area (Å²) in [6.07, 6.45) is 1.69. The normalized spacial score (nSPS) is 12.0. The van der Waals surface area contributed by atoms with E-state index in [0.29, 0.717) is 29.9 Å². The minimum absolute atomic E-state index is 0.0850. The van der Waals surface area contributed by atoms with Crippen molar-refractivity contribution in [3.8, 4) is 0 Å². The summed E-state index contributed by atoms with van der Waals surface area (Å²) in [7, 11) is 2.95. The average Bonchev–Trinajstić information content (AvgIpc) is 2.86. The second kappa shape index (κ2) is 7.98. The van der Waals surface area contributed by atoms with Crippen molar-refractivity contribution in [3.05, 3.63) is 18.0 Å². The van der Waals surface area contributed by atoms with Crippen molar-refractivity contribution in [3.63, 3.8) is 0 Å². The molecule has 0 saturated carbocycles. The summed E-state index contributed by atoms with van der Waals surface area (Å²) in [5.41, 5.74) is 2.07. The Morgan fingerprint density at radius 2 is 2.08 bits per heavy atom. The maximum atomic E-state index is 12.3. The topological polar surface area (TPSA) is 94.5 Å². The van der Waals surface area contributed by atoms with Crippen LogP contribution in [0.1, 0.15) is 31.3 Å². The van der Waals surface area contributed by atoms with Crippen LogP contribution in [0.4, 0.5) is 11.4 Å². The molecular weight excluding hydrogens is 324 g/mol. The molecular formula is C17H24N4O4. The van der Waals surface area contributed by atoms with Gasteiger partial charge in [-0.3, -0.25) is 4.79 Å². The largest absolute Gasteiger partial charge is 0.464 e. The second-order valence-electron chi connectivity index (χ2n) is 5.74. The molecule has 0 aromatic carbocycles. The molecule has 0 aliphatic rings. The number of fused-ring (bicyclic) bond motifs is 1. The van der Waals surface area contributed by atoms with Gasteiger partial charge in [0.1, 0.15) is 5.65 Å². The highest BCUT2D eigenvalue weighted by molar-refractivity contribution is 6.10. The summed E-state index contributed by atoms with van der Waals surface area (Å²) in [4.78, 5) is 28.4. The van der Waals surface area contributed by atoms with E-state index in [4.69, 9.17) is 9.47 Å². The number of methoxy groups -OCH3 is 2. The number of rotatable bonds is 7. The van der Waals surface area contributed by atoms with Crippen molar-refractivity contribution in [2.45, 2.75) is 33.4 Å². The number of aryl methyl sites for hydroxylation is 1. The van der Waals surface area contributed by atoms with Gasteiger partial charge in [-0.1, -0.05) is 0 Å². The Morgan fingerprint density at radius 3 is 2.64 bits per heavy atom. The van der Waals surface area contributed by atoms with Gasteiger partial charge in [0.2, 0.25) is 5.91 Å². The molecule has 2 heterocycles. The van der Waals surface area contributed by atoms with Gasteiger partial charge in [0.05, 0.1) is 31.3 Å². The third-order valence-electron chi connectivity index (χ3n) is 3.72. The summed E-state index contributed by atoms with van der Waals surface area (Å²) in [5.74, 6) is -0.794. The van der Waals surface area contributed by atoms with E-state index < -0.39 is 5.97 Å². The van der Waals surface area contributed by atoms with Crippen LogP contribution in [0.5, 0.6) is 0 Å². The lowest BCUT2D eigenvalue weighted by atomic mass is 10.2. The van der Waals surface area contributed by atoms with Crippen LogP contribution in [0.2, 0.25) is 0 Å². The SMILES string of the molecule is CCn1c(C(=O)OC)c(NC(C)=O)c2cc(NC(C)COC)cnc21. The summed E-state index contributed by atoms with van der Waals surface area (Å²) >= 11 is 0. The highest BCUT2D eigenvalue weighted by atomic mass is 16.5. The first-order valence-corrected chi connectivity index (χ1v) is 8.06. The molecule has 0 bridgehead atoms. The lowest BCUT2D eigenvalue weighted by molar-refractivity contribution is -0.114. The Morgan fingerprint density at radius 1 is 1.36 bits per heavy atom. The van der Waals surface area contributed by atoms with E-state index in [1.807, 2.05) is 19.9 Å². The number of anilines is 2. The monoisotopic (exact) mass is 348 g/mol. The molecule has 0 aliphatic heterocycles. The van der Waals surface area contributed by atoms with Gasteiger partial charge in [-0.2, -0.15) is 0 Å².